The van der Waals surface area contributed by atoms with Gasteiger partial charge in [0.1, 0.15) is 11.6 Å². The fourth-order valence-electron chi connectivity index (χ4n) is 2.08. The van der Waals surface area contributed by atoms with Crippen LogP contribution in [0.15, 0.2) is 18.2 Å². The molecule has 0 spiro atoms. The average molecular weight is 347 g/mol. The SMILES string of the molecule is CC.COC(=O)C(C)(C)CCC(C)(NS)c1cc(F)cc(F)c1. The third-order valence-electron chi connectivity index (χ3n) is 3.73. The first-order chi connectivity index (χ1) is 10.6. The van der Waals surface area contributed by atoms with Crippen LogP contribution in [0.1, 0.15) is 53.0 Å². The fourth-order valence-corrected chi connectivity index (χ4v) is 2.32. The molecule has 1 unspecified atom stereocenters. The lowest BCUT2D eigenvalue weighted by atomic mass is 9.80. The zero-order valence-electron chi connectivity index (χ0n) is 14.7. The van der Waals surface area contributed by atoms with Gasteiger partial charge in [-0.25, -0.2) is 8.78 Å². The van der Waals surface area contributed by atoms with Gasteiger partial charge < -0.3 is 4.74 Å². The number of halogens is 2. The van der Waals surface area contributed by atoms with Crippen molar-refractivity contribution in [3.63, 3.8) is 0 Å². The van der Waals surface area contributed by atoms with Crippen molar-refractivity contribution in [3.8, 4) is 0 Å². The first-order valence-corrected chi connectivity index (χ1v) is 8.05. The van der Waals surface area contributed by atoms with Crippen molar-refractivity contribution in [2.24, 2.45) is 5.41 Å². The molecule has 0 bridgehead atoms. The summed E-state index contributed by atoms with van der Waals surface area (Å²) in [5, 5.41) is 0. The molecule has 0 aliphatic carbocycles. The van der Waals surface area contributed by atoms with E-state index in [2.05, 4.69) is 17.5 Å². The van der Waals surface area contributed by atoms with Crippen molar-refractivity contribution in [2.75, 3.05) is 7.11 Å². The van der Waals surface area contributed by atoms with Crippen LogP contribution < -0.4 is 4.72 Å². The summed E-state index contributed by atoms with van der Waals surface area (Å²) >= 11 is 4.07. The van der Waals surface area contributed by atoms with E-state index in [1.54, 1.807) is 20.8 Å². The number of hydrogen-bond acceptors (Lipinski definition) is 4. The maximum absolute atomic E-state index is 13.4. The van der Waals surface area contributed by atoms with Crippen molar-refractivity contribution in [1.82, 2.24) is 4.72 Å². The lowest BCUT2D eigenvalue weighted by Gasteiger charge is -2.32. The zero-order chi connectivity index (χ0) is 18.3. The maximum atomic E-state index is 13.4. The lowest BCUT2D eigenvalue weighted by Crippen LogP contribution is -2.37. The molecule has 6 heteroatoms. The largest absolute Gasteiger partial charge is 0.469 e. The molecule has 0 saturated heterocycles. The summed E-state index contributed by atoms with van der Waals surface area (Å²) < 4.78 is 34.3. The number of thiol groups is 1. The number of carbonyl (C=O) groups is 1. The molecule has 0 aromatic heterocycles. The molecule has 1 rings (SSSR count). The van der Waals surface area contributed by atoms with E-state index in [0.29, 0.717) is 18.4 Å². The van der Waals surface area contributed by atoms with Crippen molar-refractivity contribution in [3.05, 3.63) is 35.4 Å². The van der Waals surface area contributed by atoms with Crippen molar-refractivity contribution >= 4 is 18.8 Å². The summed E-state index contributed by atoms with van der Waals surface area (Å²) in [7, 11) is 1.34. The van der Waals surface area contributed by atoms with Gasteiger partial charge in [-0.2, -0.15) is 0 Å². The summed E-state index contributed by atoms with van der Waals surface area (Å²) in [5.41, 5.74) is -1.01. The third-order valence-corrected chi connectivity index (χ3v) is 4.23. The second-order valence-electron chi connectivity index (χ2n) is 5.98. The topological polar surface area (TPSA) is 38.3 Å². The first kappa shape index (κ1) is 21.9. The van der Waals surface area contributed by atoms with Gasteiger partial charge >= 0.3 is 5.97 Å². The second kappa shape index (κ2) is 9.23. The van der Waals surface area contributed by atoms with Crippen LogP contribution >= 0.6 is 12.8 Å². The zero-order valence-corrected chi connectivity index (χ0v) is 15.6. The molecule has 1 aromatic carbocycles. The van der Waals surface area contributed by atoms with Crippen LogP contribution in [0.25, 0.3) is 0 Å². The molecule has 0 aliphatic heterocycles. The van der Waals surface area contributed by atoms with Gasteiger partial charge in [0, 0.05) is 6.07 Å². The highest BCUT2D eigenvalue weighted by molar-refractivity contribution is 7.78. The fraction of sp³-hybridized carbons (Fsp3) is 0.588. The Hall–Kier alpha value is -1.14. The normalized spacial score (nSPS) is 13.6. The van der Waals surface area contributed by atoms with E-state index in [-0.39, 0.29) is 5.97 Å². The Morgan fingerprint density at radius 3 is 2.00 bits per heavy atom. The molecule has 0 saturated carbocycles. The molecule has 0 heterocycles. The molecule has 1 aromatic rings. The first-order valence-electron chi connectivity index (χ1n) is 7.61. The summed E-state index contributed by atoms with van der Waals surface area (Å²) in [6.45, 7) is 9.31. The molecule has 0 fully saturated rings. The van der Waals surface area contributed by atoms with Crippen LogP contribution in [0.5, 0.6) is 0 Å². The van der Waals surface area contributed by atoms with Crippen molar-refractivity contribution in [2.45, 2.75) is 53.0 Å². The quantitative estimate of drug-likeness (QED) is 0.582. The molecule has 0 amide bonds. The number of hydrogen-bond donors (Lipinski definition) is 2. The highest BCUT2D eigenvalue weighted by atomic mass is 32.1. The number of nitrogens with one attached hydrogen (secondary N) is 1. The van der Waals surface area contributed by atoms with Gasteiger partial charge in [0.25, 0.3) is 0 Å². The molecule has 1 atom stereocenters. The van der Waals surface area contributed by atoms with Gasteiger partial charge in [-0.15, -0.1) is 0 Å². The van der Waals surface area contributed by atoms with E-state index in [9.17, 15) is 13.6 Å². The van der Waals surface area contributed by atoms with E-state index < -0.39 is 22.6 Å². The van der Waals surface area contributed by atoms with Crippen LogP contribution in [0.4, 0.5) is 8.78 Å². The maximum Gasteiger partial charge on any atom is 0.311 e. The summed E-state index contributed by atoms with van der Waals surface area (Å²) in [6, 6.07) is 3.34. The van der Waals surface area contributed by atoms with Gasteiger partial charge in [0.15, 0.2) is 0 Å². The Morgan fingerprint density at radius 2 is 1.61 bits per heavy atom. The monoisotopic (exact) mass is 347 g/mol. The Balaban J connectivity index is 0.00000232. The number of carbonyl (C=O) groups excluding carboxylic acids is 1. The van der Waals surface area contributed by atoms with Gasteiger partial charge in [0.2, 0.25) is 0 Å². The van der Waals surface area contributed by atoms with Crippen molar-refractivity contribution in [1.29, 1.82) is 0 Å². The number of benzene rings is 1. The van der Waals surface area contributed by atoms with Gasteiger partial charge in [-0.1, -0.05) is 26.7 Å². The second-order valence-corrected chi connectivity index (χ2v) is 6.20. The molecule has 23 heavy (non-hydrogen) atoms. The highest BCUT2D eigenvalue weighted by Gasteiger charge is 2.34. The summed E-state index contributed by atoms with van der Waals surface area (Å²) in [4.78, 5) is 11.7. The minimum absolute atomic E-state index is 0.325. The Kier molecular flexibility index (Phi) is 8.77. The lowest BCUT2D eigenvalue weighted by molar-refractivity contribution is -0.151. The van der Waals surface area contributed by atoms with Crippen molar-refractivity contribution < 1.29 is 18.3 Å². The Morgan fingerprint density at radius 1 is 1.13 bits per heavy atom. The Labute approximate surface area is 143 Å². The minimum atomic E-state index is -0.767. The molecule has 0 aliphatic rings. The van der Waals surface area contributed by atoms with Crippen LogP contribution in [-0.4, -0.2) is 13.1 Å². The predicted octanol–water partition coefficient (Wildman–Crippen LogP) is 4.62. The van der Waals surface area contributed by atoms with Gasteiger partial charge in [-0.3, -0.25) is 9.52 Å². The number of rotatable bonds is 6. The average Bonchev–Trinajstić information content (AvgIpc) is 2.52. The molecule has 0 radical (unpaired) electrons. The van der Waals surface area contributed by atoms with Crippen LogP contribution in [0, 0.1) is 17.0 Å². The van der Waals surface area contributed by atoms with E-state index >= 15 is 0 Å². The Bertz CT molecular complexity index is 503. The molecule has 1 N–H and O–H groups in total. The van der Waals surface area contributed by atoms with E-state index in [4.69, 9.17) is 4.74 Å². The van der Waals surface area contributed by atoms with Crippen LogP contribution in [0.3, 0.4) is 0 Å². The molecular formula is C17H27F2NO2S. The molecule has 3 nitrogen and oxygen atoms in total. The molecule has 132 valence electrons. The van der Waals surface area contributed by atoms with E-state index in [0.717, 1.165) is 6.07 Å². The van der Waals surface area contributed by atoms with E-state index in [1.807, 2.05) is 13.8 Å². The number of ether oxygens (including phenoxy) is 1. The minimum Gasteiger partial charge on any atom is -0.469 e. The number of esters is 1. The standard InChI is InChI=1S/C15H21F2NO2S.C2H6/c1-14(2,13(19)20-4)5-6-15(3,18-21)10-7-11(16)9-12(17)8-10;1-2/h7-9,18,21H,5-6H2,1-4H3;1-2H3. The third kappa shape index (κ3) is 6.11. The smallest absolute Gasteiger partial charge is 0.311 e. The van der Waals surface area contributed by atoms with E-state index in [1.165, 1.54) is 19.2 Å². The summed E-state index contributed by atoms with van der Waals surface area (Å²) in [6.07, 6.45) is 0.934. The summed E-state index contributed by atoms with van der Waals surface area (Å²) in [5.74, 6) is -1.62. The van der Waals surface area contributed by atoms with Gasteiger partial charge in [-0.05, 0) is 51.3 Å². The molecular weight excluding hydrogens is 320 g/mol. The highest BCUT2D eigenvalue weighted by Crippen LogP contribution is 2.34. The number of methoxy groups -OCH3 is 1. The predicted molar refractivity (Wildman–Crippen MR) is 92.2 cm³/mol. The van der Waals surface area contributed by atoms with Crippen LogP contribution in [0.2, 0.25) is 0 Å². The van der Waals surface area contributed by atoms with Gasteiger partial charge in [0.05, 0.1) is 18.1 Å². The van der Waals surface area contributed by atoms with Crippen LogP contribution in [-0.2, 0) is 15.1 Å².